The van der Waals surface area contributed by atoms with Crippen LogP contribution in [0.1, 0.15) is 19.7 Å². The monoisotopic (exact) mass is 179 g/mol. The van der Waals surface area contributed by atoms with Crippen molar-refractivity contribution in [2.75, 3.05) is 0 Å². The molecule has 0 atom stereocenters. The van der Waals surface area contributed by atoms with Crippen LogP contribution in [-0.2, 0) is 13.1 Å². The minimum absolute atomic E-state index is 0.330. The van der Waals surface area contributed by atoms with Crippen LogP contribution >= 0.6 is 0 Å². The number of hydrogen-bond acceptors (Lipinski definition) is 2. The highest BCUT2D eigenvalue weighted by Gasteiger charge is 2.02. The molecule has 13 heavy (non-hydrogen) atoms. The van der Waals surface area contributed by atoms with E-state index in [1.807, 2.05) is 10.8 Å². The molecule has 0 radical (unpaired) electrons. The van der Waals surface area contributed by atoms with Crippen molar-refractivity contribution >= 4 is 0 Å². The molecule has 0 bridgehead atoms. The Hall–Kier alpha value is -1.48. The maximum absolute atomic E-state index is 8.16. The Morgan fingerprint density at radius 2 is 2.46 bits per heavy atom. The van der Waals surface area contributed by atoms with E-state index in [0.717, 1.165) is 12.4 Å². The summed E-state index contributed by atoms with van der Waals surface area (Å²) in [6.07, 6.45) is 3.63. The summed E-state index contributed by atoms with van der Waals surface area (Å²) in [5.74, 6) is 1.39. The van der Waals surface area contributed by atoms with Crippen LogP contribution in [0.5, 0.6) is 0 Å². The molecule has 70 valence electrons. The van der Waals surface area contributed by atoms with Crippen LogP contribution in [0, 0.1) is 5.92 Å². The fourth-order valence-corrected chi connectivity index (χ4v) is 1.15. The molecule has 1 rings (SSSR count). The lowest BCUT2D eigenvalue weighted by Gasteiger charge is -2.08. The maximum Gasteiger partial charge on any atom is 0.114 e. The summed E-state index contributed by atoms with van der Waals surface area (Å²) in [6, 6.07) is 0. The lowest BCUT2D eigenvalue weighted by atomic mass is 10.2. The van der Waals surface area contributed by atoms with E-state index in [4.69, 9.17) is 5.53 Å². The highest BCUT2D eigenvalue weighted by atomic mass is 15.2. The van der Waals surface area contributed by atoms with Crippen molar-refractivity contribution in [1.82, 2.24) is 9.55 Å². The Labute approximate surface area is 77.0 Å². The van der Waals surface area contributed by atoms with Crippen LogP contribution in [0.3, 0.4) is 0 Å². The van der Waals surface area contributed by atoms with Crippen LogP contribution in [0.2, 0.25) is 0 Å². The van der Waals surface area contributed by atoms with Crippen LogP contribution in [0.25, 0.3) is 10.4 Å². The molecule has 1 heterocycles. The normalized spacial score (nSPS) is 10.1. The van der Waals surface area contributed by atoms with E-state index in [1.54, 1.807) is 6.20 Å². The van der Waals surface area contributed by atoms with Crippen molar-refractivity contribution in [2.45, 2.75) is 26.9 Å². The van der Waals surface area contributed by atoms with Gasteiger partial charge in [0, 0.05) is 23.9 Å². The van der Waals surface area contributed by atoms with Gasteiger partial charge in [-0.15, -0.1) is 0 Å². The third-order valence-corrected chi connectivity index (χ3v) is 1.64. The van der Waals surface area contributed by atoms with E-state index < -0.39 is 0 Å². The first-order valence-corrected chi connectivity index (χ1v) is 4.25. The SMILES string of the molecule is CC(C)Cn1ccnc1CN=[N+]=[N-]. The number of azide groups is 1. The summed E-state index contributed by atoms with van der Waals surface area (Å²) >= 11 is 0. The largest absolute Gasteiger partial charge is 0.335 e. The van der Waals surface area contributed by atoms with Gasteiger partial charge in [0.15, 0.2) is 0 Å². The Kier molecular flexibility index (Phi) is 3.34. The molecule has 5 nitrogen and oxygen atoms in total. The Morgan fingerprint density at radius 3 is 3.08 bits per heavy atom. The van der Waals surface area contributed by atoms with Gasteiger partial charge in [-0.2, -0.15) is 0 Å². The summed E-state index contributed by atoms with van der Waals surface area (Å²) in [7, 11) is 0. The minimum atomic E-state index is 0.330. The predicted octanol–water partition coefficient (Wildman–Crippen LogP) is 2.35. The molecule has 1 aromatic rings. The topological polar surface area (TPSA) is 66.6 Å². The average Bonchev–Trinajstić information content (AvgIpc) is 2.48. The minimum Gasteiger partial charge on any atom is -0.335 e. The van der Waals surface area contributed by atoms with Gasteiger partial charge in [-0.3, -0.25) is 0 Å². The second-order valence-corrected chi connectivity index (χ2v) is 3.28. The fourth-order valence-electron chi connectivity index (χ4n) is 1.15. The molecule has 5 heteroatoms. The van der Waals surface area contributed by atoms with Gasteiger partial charge >= 0.3 is 0 Å². The van der Waals surface area contributed by atoms with Crippen LogP contribution < -0.4 is 0 Å². The van der Waals surface area contributed by atoms with Gasteiger partial charge < -0.3 is 4.57 Å². The van der Waals surface area contributed by atoms with Crippen molar-refractivity contribution in [2.24, 2.45) is 11.0 Å². The quantitative estimate of drug-likeness (QED) is 0.397. The summed E-state index contributed by atoms with van der Waals surface area (Å²) in [5.41, 5.74) is 8.16. The van der Waals surface area contributed by atoms with E-state index in [0.29, 0.717) is 12.5 Å². The number of aromatic nitrogens is 2. The zero-order valence-electron chi connectivity index (χ0n) is 7.88. The van der Waals surface area contributed by atoms with Gasteiger partial charge in [-0.1, -0.05) is 19.0 Å². The molecular weight excluding hydrogens is 166 g/mol. The lowest BCUT2D eigenvalue weighted by Crippen LogP contribution is -2.06. The molecule has 1 aromatic heterocycles. The summed E-state index contributed by atoms with van der Waals surface area (Å²) in [5, 5.41) is 3.48. The fraction of sp³-hybridized carbons (Fsp3) is 0.625. The van der Waals surface area contributed by atoms with Crippen molar-refractivity contribution < 1.29 is 0 Å². The first-order valence-electron chi connectivity index (χ1n) is 4.25. The van der Waals surface area contributed by atoms with Crippen molar-refractivity contribution in [3.63, 3.8) is 0 Å². The molecular formula is C8H13N5. The third-order valence-electron chi connectivity index (χ3n) is 1.64. The molecule has 0 aliphatic heterocycles. The highest BCUT2D eigenvalue weighted by molar-refractivity contribution is 4.92. The van der Waals surface area contributed by atoms with Crippen LogP contribution in [0.4, 0.5) is 0 Å². The summed E-state index contributed by atoms with van der Waals surface area (Å²) < 4.78 is 2.01. The third kappa shape index (κ3) is 2.80. The lowest BCUT2D eigenvalue weighted by molar-refractivity contribution is 0.507. The zero-order chi connectivity index (χ0) is 9.68. The van der Waals surface area contributed by atoms with Crippen molar-refractivity contribution in [1.29, 1.82) is 0 Å². The van der Waals surface area contributed by atoms with Gasteiger partial charge in [0.25, 0.3) is 0 Å². The molecule has 0 fully saturated rings. The molecule has 0 unspecified atom stereocenters. The molecule has 0 aliphatic carbocycles. The van der Waals surface area contributed by atoms with Crippen molar-refractivity contribution in [3.05, 3.63) is 28.7 Å². The molecule has 0 N–H and O–H groups in total. The van der Waals surface area contributed by atoms with E-state index >= 15 is 0 Å². The number of imidazole rings is 1. The number of rotatable bonds is 4. The van der Waals surface area contributed by atoms with Crippen molar-refractivity contribution in [3.8, 4) is 0 Å². The Morgan fingerprint density at radius 1 is 1.69 bits per heavy atom. The Bertz CT molecular complexity index is 308. The summed E-state index contributed by atoms with van der Waals surface area (Å²) in [4.78, 5) is 6.81. The maximum atomic E-state index is 8.16. The molecule has 0 saturated heterocycles. The zero-order valence-corrected chi connectivity index (χ0v) is 7.88. The number of nitrogens with zero attached hydrogens (tertiary/aromatic N) is 5. The van der Waals surface area contributed by atoms with E-state index in [-0.39, 0.29) is 0 Å². The first kappa shape index (κ1) is 9.61. The molecule has 0 amide bonds. The Balaban J connectivity index is 2.70. The van der Waals surface area contributed by atoms with Gasteiger partial charge in [0.1, 0.15) is 5.82 Å². The molecule has 0 aromatic carbocycles. The first-order chi connectivity index (χ1) is 6.24. The molecule has 0 saturated carbocycles. The standard InChI is InChI=1S/C8H13N5/c1-7(2)6-13-4-3-10-8(13)5-11-12-9/h3-4,7H,5-6H2,1-2H3. The molecule has 0 spiro atoms. The van der Waals surface area contributed by atoms with E-state index in [1.165, 1.54) is 0 Å². The average molecular weight is 179 g/mol. The van der Waals surface area contributed by atoms with Gasteiger partial charge in [0.05, 0.1) is 6.54 Å². The van der Waals surface area contributed by atoms with Gasteiger partial charge in [-0.05, 0) is 11.4 Å². The van der Waals surface area contributed by atoms with Crippen LogP contribution in [-0.4, -0.2) is 9.55 Å². The predicted molar refractivity (Wildman–Crippen MR) is 49.9 cm³/mol. The van der Waals surface area contributed by atoms with Gasteiger partial charge in [-0.25, -0.2) is 4.98 Å². The second kappa shape index (κ2) is 4.52. The highest BCUT2D eigenvalue weighted by Crippen LogP contribution is 2.04. The van der Waals surface area contributed by atoms with Gasteiger partial charge in [0.2, 0.25) is 0 Å². The molecule has 0 aliphatic rings. The van der Waals surface area contributed by atoms with E-state index in [2.05, 4.69) is 28.9 Å². The number of hydrogen-bond donors (Lipinski definition) is 0. The summed E-state index contributed by atoms with van der Waals surface area (Å²) in [6.45, 7) is 5.52. The smallest absolute Gasteiger partial charge is 0.114 e. The second-order valence-electron chi connectivity index (χ2n) is 3.28. The van der Waals surface area contributed by atoms with E-state index in [9.17, 15) is 0 Å². The van der Waals surface area contributed by atoms with Crippen LogP contribution in [0.15, 0.2) is 17.5 Å².